The van der Waals surface area contributed by atoms with Crippen LogP contribution in [-0.2, 0) is 14.4 Å². The van der Waals surface area contributed by atoms with Crippen LogP contribution in [0.4, 0.5) is 11.4 Å². The van der Waals surface area contributed by atoms with Crippen LogP contribution >= 0.6 is 15.9 Å². The van der Waals surface area contributed by atoms with Crippen LogP contribution in [0.3, 0.4) is 0 Å². The Morgan fingerprint density at radius 1 is 1.16 bits per heavy atom. The average Bonchev–Trinajstić information content (AvgIpc) is 3.15. The molecule has 2 aromatic carbocycles. The highest BCUT2D eigenvalue weighted by atomic mass is 79.9. The zero-order chi connectivity index (χ0) is 23.3. The Morgan fingerprint density at radius 2 is 1.81 bits per heavy atom. The van der Waals surface area contributed by atoms with E-state index in [1.807, 2.05) is 32.9 Å². The molecule has 3 amide bonds. The summed E-state index contributed by atoms with van der Waals surface area (Å²) in [5.74, 6) is -0.214. The van der Waals surface area contributed by atoms with Crippen LogP contribution in [-0.4, -0.2) is 37.4 Å². The number of anilines is 2. The molecule has 3 rings (SSSR count). The number of halogens is 1. The summed E-state index contributed by atoms with van der Waals surface area (Å²) in [7, 11) is 0. The van der Waals surface area contributed by atoms with Crippen molar-refractivity contribution in [3.63, 3.8) is 0 Å². The largest absolute Gasteiger partial charge is 0.484 e. The molecule has 1 heterocycles. The third-order valence-corrected chi connectivity index (χ3v) is 5.78. The average molecular weight is 502 g/mol. The minimum absolute atomic E-state index is 0.0741. The number of hydrogen-bond donors (Lipinski definition) is 2. The van der Waals surface area contributed by atoms with Gasteiger partial charge in [-0.05, 0) is 67.8 Å². The first-order valence-corrected chi connectivity index (χ1v) is 11.4. The van der Waals surface area contributed by atoms with E-state index in [4.69, 9.17) is 4.74 Å². The molecule has 8 heteroatoms. The molecule has 170 valence electrons. The Hall–Kier alpha value is -2.87. The summed E-state index contributed by atoms with van der Waals surface area (Å²) in [4.78, 5) is 38.5. The van der Waals surface area contributed by atoms with Gasteiger partial charge in [0.25, 0.3) is 5.91 Å². The number of hydrogen-bond acceptors (Lipinski definition) is 4. The van der Waals surface area contributed by atoms with Crippen molar-refractivity contribution in [2.45, 2.75) is 33.6 Å². The zero-order valence-corrected chi connectivity index (χ0v) is 20.1. The highest BCUT2D eigenvalue weighted by Crippen LogP contribution is 2.27. The lowest BCUT2D eigenvalue weighted by molar-refractivity contribution is -0.126. The van der Waals surface area contributed by atoms with Gasteiger partial charge in [-0.1, -0.05) is 22.9 Å². The zero-order valence-electron chi connectivity index (χ0n) is 18.5. The van der Waals surface area contributed by atoms with Crippen molar-refractivity contribution in [2.75, 3.05) is 29.9 Å². The second kappa shape index (κ2) is 10.6. The summed E-state index contributed by atoms with van der Waals surface area (Å²) in [5, 5.41) is 5.74. The monoisotopic (exact) mass is 501 g/mol. The summed E-state index contributed by atoms with van der Waals surface area (Å²) in [6, 6.07) is 10.9. The van der Waals surface area contributed by atoms with Crippen LogP contribution in [0.5, 0.6) is 5.75 Å². The molecule has 0 radical (unpaired) electrons. The van der Waals surface area contributed by atoms with E-state index in [1.54, 1.807) is 29.2 Å². The van der Waals surface area contributed by atoms with Crippen molar-refractivity contribution in [1.29, 1.82) is 0 Å². The fraction of sp³-hybridized carbons (Fsp3) is 0.375. The number of carbonyl (C=O) groups is 3. The molecule has 7 nitrogen and oxygen atoms in total. The van der Waals surface area contributed by atoms with Gasteiger partial charge in [-0.25, -0.2) is 0 Å². The second-order valence-corrected chi connectivity index (χ2v) is 8.86. The van der Waals surface area contributed by atoms with Gasteiger partial charge in [-0.2, -0.15) is 0 Å². The lowest BCUT2D eigenvalue weighted by Gasteiger charge is -2.17. The van der Waals surface area contributed by atoms with Crippen molar-refractivity contribution >= 4 is 45.0 Å². The molecule has 1 saturated heterocycles. The van der Waals surface area contributed by atoms with E-state index in [1.165, 1.54) is 0 Å². The number of ether oxygens (including phenoxy) is 1. The predicted molar refractivity (Wildman–Crippen MR) is 128 cm³/mol. The summed E-state index contributed by atoms with van der Waals surface area (Å²) < 4.78 is 6.57. The maximum atomic E-state index is 12.4. The highest BCUT2D eigenvalue weighted by Gasteiger charge is 2.34. The Balaban J connectivity index is 1.54. The second-order valence-electron chi connectivity index (χ2n) is 7.94. The Labute approximate surface area is 196 Å². The Morgan fingerprint density at radius 3 is 2.44 bits per heavy atom. The molecule has 0 aliphatic carbocycles. The van der Waals surface area contributed by atoms with E-state index in [0.717, 1.165) is 27.7 Å². The molecule has 1 fully saturated rings. The molecule has 0 aromatic heterocycles. The summed E-state index contributed by atoms with van der Waals surface area (Å²) in [5.41, 5.74) is 3.42. The van der Waals surface area contributed by atoms with Crippen molar-refractivity contribution in [3.05, 3.63) is 52.0 Å². The number of nitrogens with one attached hydrogen (secondary N) is 2. The standard InChI is InChI=1S/C24H28BrN3O4/c1-4-9-26-24(31)17-12-22(30)28(13-17)19-5-7-20(8-6-19)32-14-21(29)27-23-15(2)10-18(25)11-16(23)3/h5-8,10-11,17H,4,9,12-14H2,1-3H3,(H,26,31)(H,27,29)/t17-/m0/s1. The van der Waals surface area contributed by atoms with Gasteiger partial charge < -0.3 is 20.3 Å². The SMILES string of the molecule is CCCNC(=O)[C@H]1CC(=O)N(c2ccc(OCC(=O)Nc3c(C)cc(Br)cc3C)cc2)C1. The molecule has 0 saturated carbocycles. The first-order chi connectivity index (χ1) is 15.3. The van der Waals surface area contributed by atoms with Crippen molar-refractivity contribution in [2.24, 2.45) is 5.92 Å². The number of nitrogens with zero attached hydrogens (tertiary/aromatic N) is 1. The van der Waals surface area contributed by atoms with E-state index in [-0.39, 0.29) is 36.7 Å². The Bertz CT molecular complexity index is 984. The lowest BCUT2D eigenvalue weighted by Crippen LogP contribution is -2.33. The molecule has 0 bridgehead atoms. The van der Waals surface area contributed by atoms with Crippen molar-refractivity contribution < 1.29 is 19.1 Å². The molecule has 2 N–H and O–H groups in total. The minimum Gasteiger partial charge on any atom is -0.484 e. The lowest BCUT2D eigenvalue weighted by atomic mass is 10.1. The molecule has 0 unspecified atom stereocenters. The molecular weight excluding hydrogens is 474 g/mol. The van der Waals surface area contributed by atoms with Gasteiger partial charge in [0.1, 0.15) is 5.75 Å². The quantitative estimate of drug-likeness (QED) is 0.572. The maximum absolute atomic E-state index is 12.4. The van der Waals surface area contributed by atoms with Gasteiger partial charge >= 0.3 is 0 Å². The van der Waals surface area contributed by atoms with Crippen molar-refractivity contribution in [3.8, 4) is 5.75 Å². The maximum Gasteiger partial charge on any atom is 0.262 e. The summed E-state index contributed by atoms with van der Waals surface area (Å²) in [6.45, 7) is 6.71. The predicted octanol–water partition coefficient (Wildman–Crippen LogP) is 3.96. The molecule has 2 aromatic rings. The van der Waals surface area contributed by atoms with Crippen LogP contribution in [0.2, 0.25) is 0 Å². The van der Waals surface area contributed by atoms with Gasteiger partial charge in [0, 0.05) is 35.4 Å². The number of carbonyl (C=O) groups excluding carboxylic acids is 3. The van der Waals surface area contributed by atoms with E-state index >= 15 is 0 Å². The molecule has 0 spiro atoms. The third kappa shape index (κ3) is 5.88. The van der Waals surface area contributed by atoms with E-state index in [9.17, 15) is 14.4 Å². The van der Waals surface area contributed by atoms with Crippen LogP contribution < -0.4 is 20.3 Å². The van der Waals surface area contributed by atoms with Gasteiger partial charge in [0.05, 0.1) is 5.92 Å². The van der Waals surface area contributed by atoms with Crippen molar-refractivity contribution in [1.82, 2.24) is 5.32 Å². The van der Waals surface area contributed by atoms with Crippen LogP contribution in [0.15, 0.2) is 40.9 Å². The van der Waals surface area contributed by atoms with Gasteiger partial charge in [-0.3, -0.25) is 14.4 Å². The summed E-state index contributed by atoms with van der Waals surface area (Å²) >= 11 is 3.45. The van der Waals surface area contributed by atoms with E-state index in [2.05, 4.69) is 26.6 Å². The number of amides is 3. The fourth-order valence-corrected chi connectivity index (χ4v) is 4.37. The molecule has 1 atom stereocenters. The third-order valence-electron chi connectivity index (χ3n) is 5.33. The van der Waals surface area contributed by atoms with Crippen LogP contribution in [0.1, 0.15) is 30.9 Å². The minimum atomic E-state index is -0.334. The highest BCUT2D eigenvalue weighted by molar-refractivity contribution is 9.10. The van der Waals surface area contributed by atoms with Gasteiger partial charge in [-0.15, -0.1) is 0 Å². The summed E-state index contributed by atoms with van der Waals surface area (Å²) in [6.07, 6.45) is 1.07. The van der Waals surface area contributed by atoms with Crippen LogP contribution in [0.25, 0.3) is 0 Å². The van der Waals surface area contributed by atoms with Crippen LogP contribution in [0, 0.1) is 19.8 Å². The fourth-order valence-electron chi connectivity index (χ4n) is 3.68. The molecule has 1 aliphatic heterocycles. The number of benzene rings is 2. The first kappa shape index (κ1) is 23.8. The van der Waals surface area contributed by atoms with E-state index in [0.29, 0.717) is 24.5 Å². The van der Waals surface area contributed by atoms with Gasteiger partial charge in [0.2, 0.25) is 11.8 Å². The number of rotatable bonds is 8. The molecule has 1 aliphatic rings. The Kier molecular flexibility index (Phi) is 7.90. The number of aryl methyl sites for hydroxylation is 2. The smallest absolute Gasteiger partial charge is 0.262 e. The first-order valence-electron chi connectivity index (χ1n) is 10.7. The topological polar surface area (TPSA) is 87.7 Å². The van der Waals surface area contributed by atoms with E-state index < -0.39 is 0 Å². The molecular formula is C24H28BrN3O4. The normalized spacial score (nSPS) is 15.6. The molecule has 32 heavy (non-hydrogen) atoms. The van der Waals surface area contributed by atoms with Gasteiger partial charge in [0.15, 0.2) is 6.61 Å².